The van der Waals surface area contributed by atoms with Gasteiger partial charge in [0.1, 0.15) is 19.4 Å². The number of hydrogen-bond acceptors (Lipinski definition) is 4. The molecule has 18 heavy (non-hydrogen) atoms. The van der Waals surface area contributed by atoms with Crippen LogP contribution in [0.1, 0.15) is 30.3 Å². The predicted molar refractivity (Wildman–Crippen MR) is 65.8 cm³/mol. The van der Waals surface area contributed by atoms with Crippen molar-refractivity contribution in [2.45, 2.75) is 19.2 Å². The van der Waals surface area contributed by atoms with Gasteiger partial charge < -0.3 is 19.9 Å². The van der Waals surface area contributed by atoms with Crippen LogP contribution < -0.4 is 14.8 Å². The predicted octanol–water partition coefficient (Wildman–Crippen LogP) is 1.74. The first kappa shape index (κ1) is 13.1. The van der Waals surface area contributed by atoms with Crippen LogP contribution in [0.5, 0.6) is 11.5 Å². The quantitative estimate of drug-likeness (QED) is 0.860. The highest BCUT2D eigenvalue weighted by atomic mass is 19.1. The molecule has 0 saturated carbocycles. The SMILES string of the molecule is CNCC(O)c1cc2c(cc1C(C)F)OCCO2. The lowest BCUT2D eigenvalue weighted by molar-refractivity contribution is 0.161. The van der Waals surface area contributed by atoms with Gasteiger partial charge in [-0.2, -0.15) is 0 Å². The van der Waals surface area contributed by atoms with E-state index in [1.54, 1.807) is 19.2 Å². The second-order valence-electron chi connectivity index (χ2n) is 4.31. The van der Waals surface area contributed by atoms with E-state index in [4.69, 9.17) is 9.47 Å². The van der Waals surface area contributed by atoms with Gasteiger partial charge in [0, 0.05) is 6.54 Å². The number of aliphatic hydroxyl groups excluding tert-OH is 1. The summed E-state index contributed by atoms with van der Waals surface area (Å²) in [5.41, 5.74) is 0.991. The fourth-order valence-electron chi connectivity index (χ4n) is 2.06. The minimum absolute atomic E-state index is 0.360. The van der Waals surface area contributed by atoms with Crippen molar-refractivity contribution in [1.82, 2.24) is 5.32 Å². The summed E-state index contributed by atoms with van der Waals surface area (Å²) in [5.74, 6) is 1.11. The van der Waals surface area contributed by atoms with E-state index in [9.17, 15) is 9.50 Å². The Morgan fingerprint density at radius 3 is 2.33 bits per heavy atom. The molecule has 0 spiro atoms. The summed E-state index contributed by atoms with van der Waals surface area (Å²) in [7, 11) is 1.74. The van der Waals surface area contributed by atoms with Gasteiger partial charge in [-0.3, -0.25) is 0 Å². The lowest BCUT2D eigenvalue weighted by Crippen LogP contribution is -2.20. The molecule has 0 bridgehead atoms. The van der Waals surface area contributed by atoms with Crippen LogP contribution in [0, 0.1) is 0 Å². The van der Waals surface area contributed by atoms with Crippen LogP contribution in [0.25, 0.3) is 0 Å². The molecule has 0 saturated heterocycles. The van der Waals surface area contributed by atoms with Crippen LogP contribution >= 0.6 is 0 Å². The number of hydrogen-bond donors (Lipinski definition) is 2. The molecule has 4 nitrogen and oxygen atoms in total. The number of fused-ring (bicyclic) bond motifs is 1. The summed E-state index contributed by atoms with van der Waals surface area (Å²) >= 11 is 0. The maximum atomic E-state index is 13.6. The second-order valence-corrected chi connectivity index (χ2v) is 4.31. The monoisotopic (exact) mass is 255 g/mol. The molecule has 0 aromatic heterocycles. The molecule has 5 heteroatoms. The van der Waals surface area contributed by atoms with E-state index in [0.29, 0.717) is 42.4 Å². The van der Waals surface area contributed by atoms with Gasteiger partial charge in [-0.1, -0.05) is 0 Å². The zero-order valence-electron chi connectivity index (χ0n) is 10.6. The van der Waals surface area contributed by atoms with Crippen molar-refractivity contribution < 1.29 is 19.0 Å². The molecule has 1 heterocycles. The van der Waals surface area contributed by atoms with Gasteiger partial charge in [-0.05, 0) is 37.2 Å². The Labute approximate surface area is 106 Å². The van der Waals surface area contributed by atoms with Crippen molar-refractivity contribution in [3.63, 3.8) is 0 Å². The minimum atomic E-state index is -1.16. The minimum Gasteiger partial charge on any atom is -0.486 e. The molecule has 0 amide bonds. The zero-order chi connectivity index (χ0) is 13.1. The van der Waals surface area contributed by atoms with E-state index in [1.165, 1.54) is 6.92 Å². The van der Waals surface area contributed by atoms with Crippen LogP contribution in [-0.4, -0.2) is 31.9 Å². The van der Waals surface area contributed by atoms with Crippen LogP contribution in [0.4, 0.5) is 4.39 Å². The Balaban J connectivity index is 2.42. The third-order valence-corrected chi connectivity index (χ3v) is 2.93. The standard InChI is InChI=1S/C13H18FNO3/c1-8(14)9-5-12-13(18-4-3-17-12)6-10(9)11(16)7-15-2/h5-6,8,11,15-16H,3-4,7H2,1-2H3. The lowest BCUT2D eigenvalue weighted by Gasteiger charge is -2.23. The van der Waals surface area contributed by atoms with E-state index in [0.717, 1.165) is 0 Å². The van der Waals surface area contributed by atoms with Gasteiger partial charge in [0.05, 0.1) is 6.10 Å². The number of alkyl halides is 1. The van der Waals surface area contributed by atoms with E-state index in [1.807, 2.05) is 0 Å². The van der Waals surface area contributed by atoms with Crippen molar-refractivity contribution >= 4 is 0 Å². The van der Waals surface area contributed by atoms with E-state index in [-0.39, 0.29) is 0 Å². The first-order valence-corrected chi connectivity index (χ1v) is 6.03. The van der Waals surface area contributed by atoms with Gasteiger partial charge in [-0.15, -0.1) is 0 Å². The summed E-state index contributed by atoms with van der Waals surface area (Å²) < 4.78 is 24.5. The molecule has 2 rings (SSSR count). The van der Waals surface area contributed by atoms with Gasteiger partial charge in [0.25, 0.3) is 0 Å². The number of benzene rings is 1. The van der Waals surface area contributed by atoms with Crippen molar-refractivity contribution in [2.75, 3.05) is 26.8 Å². The number of nitrogens with one attached hydrogen (secondary N) is 1. The Morgan fingerprint density at radius 1 is 1.28 bits per heavy atom. The average Bonchev–Trinajstić information content (AvgIpc) is 2.37. The maximum absolute atomic E-state index is 13.6. The number of likely N-dealkylation sites (N-methyl/N-ethyl adjacent to an activating group) is 1. The van der Waals surface area contributed by atoms with Crippen LogP contribution in [0.2, 0.25) is 0 Å². The third kappa shape index (κ3) is 2.57. The number of aliphatic hydroxyl groups is 1. The molecule has 0 radical (unpaired) electrons. The second kappa shape index (κ2) is 5.54. The zero-order valence-corrected chi connectivity index (χ0v) is 10.6. The fourth-order valence-corrected chi connectivity index (χ4v) is 2.06. The average molecular weight is 255 g/mol. The Morgan fingerprint density at radius 2 is 1.83 bits per heavy atom. The van der Waals surface area contributed by atoms with Crippen molar-refractivity contribution in [1.29, 1.82) is 0 Å². The normalized spacial score (nSPS) is 17.3. The summed E-state index contributed by atoms with van der Waals surface area (Å²) in [6, 6.07) is 3.29. The Hall–Kier alpha value is -1.33. The van der Waals surface area contributed by atoms with E-state index < -0.39 is 12.3 Å². The first-order chi connectivity index (χ1) is 8.63. The molecule has 1 aromatic rings. The first-order valence-electron chi connectivity index (χ1n) is 6.03. The summed E-state index contributed by atoms with van der Waals surface area (Å²) in [5, 5.41) is 12.9. The molecule has 1 aliphatic heterocycles. The van der Waals surface area contributed by atoms with Crippen LogP contribution in [0.15, 0.2) is 12.1 Å². The van der Waals surface area contributed by atoms with Crippen molar-refractivity contribution in [3.8, 4) is 11.5 Å². The smallest absolute Gasteiger partial charge is 0.161 e. The van der Waals surface area contributed by atoms with Crippen LogP contribution in [-0.2, 0) is 0 Å². The Bertz CT molecular complexity index is 423. The summed E-state index contributed by atoms with van der Waals surface area (Å²) in [6.45, 7) is 2.74. The molecular weight excluding hydrogens is 237 g/mol. The topological polar surface area (TPSA) is 50.7 Å². The van der Waals surface area contributed by atoms with Gasteiger partial charge in [0.15, 0.2) is 11.5 Å². The molecule has 2 atom stereocenters. The van der Waals surface area contributed by atoms with Gasteiger partial charge in [-0.25, -0.2) is 4.39 Å². The largest absolute Gasteiger partial charge is 0.486 e. The molecule has 0 fully saturated rings. The molecule has 2 unspecified atom stereocenters. The van der Waals surface area contributed by atoms with E-state index in [2.05, 4.69) is 5.32 Å². The van der Waals surface area contributed by atoms with Gasteiger partial charge in [0.2, 0.25) is 0 Å². The summed E-state index contributed by atoms with van der Waals surface area (Å²) in [6.07, 6.45) is -1.93. The molecule has 2 N–H and O–H groups in total. The summed E-state index contributed by atoms with van der Waals surface area (Å²) in [4.78, 5) is 0. The molecule has 1 aliphatic rings. The van der Waals surface area contributed by atoms with E-state index >= 15 is 0 Å². The third-order valence-electron chi connectivity index (χ3n) is 2.93. The molecule has 1 aromatic carbocycles. The fraction of sp³-hybridized carbons (Fsp3) is 0.538. The highest BCUT2D eigenvalue weighted by Gasteiger charge is 2.22. The van der Waals surface area contributed by atoms with Crippen molar-refractivity contribution in [2.24, 2.45) is 0 Å². The number of ether oxygens (including phenoxy) is 2. The maximum Gasteiger partial charge on any atom is 0.161 e. The molecular formula is C13H18FNO3. The number of rotatable bonds is 4. The Kier molecular flexibility index (Phi) is 4.04. The highest BCUT2D eigenvalue weighted by Crippen LogP contribution is 2.38. The number of halogens is 1. The van der Waals surface area contributed by atoms with Crippen LogP contribution in [0.3, 0.4) is 0 Å². The van der Waals surface area contributed by atoms with Crippen molar-refractivity contribution in [3.05, 3.63) is 23.3 Å². The van der Waals surface area contributed by atoms with Gasteiger partial charge >= 0.3 is 0 Å². The molecule has 0 aliphatic carbocycles. The lowest BCUT2D eigenvalue weighted by atomic mass is 9.98. The highest BCUT2D eigenvalue weighted by molar-refractivity contribution is 5.49. The molecule has 100 valence electrons.